The average Bonchev–Trinajstić information content (AvgIpc) is 3.40. The smallest absolute Gasteiger partial charge is 0.228 e. The standard InChI is InChI=1S/C22H26ClN5O2S/c1-16-7-10-27(11-8-16)21-25-26-22(28(21)15-19-6-3-12-30-19)31-13-9-20(29)24-18-5-2-4-17(23)14-18/h2-6,12,14,16H,7-11,13,15H2,1H3,(H,24,29). The molecule has 1 amide bonds. The second kappa shape index (κ2) is 10.2. The van der Waals surface area contributed by atoms with Gasteiger partial charge in [-0.1, -0.05) is 36.4 Å². The minimum absolute atomic E-state index is 0.0582. The monoisotopic (exact) mass is 459 g/mol. The molecule has 1 aromatic carbocycles. The van der Waals surface area contributed by atoms with E-state index < -0.39 is 0 Å². The molecular weight excluding hydrogens is 434 g/mol. The average molecular weight is 460 g/mol. The molecule has 3 aromatic rings. The molecule has 3 heterocycles. The molecule has 1 fully saturated rings. The minimum Gasteiger partial charge on any atom is -0.467 e. The number of rotatable bonds is 8. The van der Waals surface area contributed by atoms with Gasteiger partial charge in [-0.15, -0.1) is 10.2 Å². The van der Waals surface area contributed by atoms with Gasteiger partial charge in [-0.05, 0) is 49.1 Å². The Hall–Kier alpha value is -2.45. The summed E-state index contributed by atoms with van der Waals surface area (Å²) in [7, 11) is 0. The van der Waals surface area contributed by atoms with Crippen molar-refractivity contribution in [2.24, 2.45) is 5.92 Å². The highest BCUT2D eigenvalue weighted by Crippen LogP contribution is 2.27. The Labute approximate surface area is 191 Å². The summed E-state index contributed by atoms with van der Waals surface area (Å²) in [6.07, 6.45) is 4.34. The molecule has 1 saturated heterocycles. The first-order valence-electron chi connectivity index (χ1n) is 10.5. The van der Waals surface area contributed by atoms with Gasteiger partial charge in [0.25, 0.3) is 0 Å². The van der Waals surface area contributed by atoms with Crippen molar-refractivity contribution in [2.75, 3.05) is 29.1 Å². The molecule has 2 aromatic heterocycles. The molecule has 0 saturated carbocycles. The van der Waals surface area contributed by atoms with Gasteiger partial charge in [0.2, 0.25) is 11.9 Å². The summed E-state index contributed by atoms with van der Waals surface area (Å²) in [5.74, 6) is 3.00. The van der Waals surface area contributed by atoms with E-state index in [2.05, 4.69) is 31.9 Å². The van der Waals surface area contributed by atoms with Crippen LogP contribution in [0.4, 0.5) is 11.6 Å². The van der Waals surface area contributed by atoms with Crippen molar-refractivity contribution in [3.63, 3.8) is 0 Å². The molecule has 7 nitrogen and oxygen atoms in total. The zero-order chi connectivity index (χ0) is 21.6. The fourth-order valence-corrected chi connectivity index (χ4v) is 4.61. The lowest BCUT2D eigenvalue weighted by Gasteiger charge is -2.31. The first-order valence-corrected chi connectivity index (χ1v) is 11.8. The SMILES string of the molecule is CC1CCN(c2nnc(SCCC(=O)Nc3cccc(Cl)c3)n2Cc2ccco2)CC1. The minimum atomic E-state index is -0.0582. The number of hydrogen-bond acceptors (Lipinski definition) is 6. The molecule has 0 atom stereocenters. The number of benzene rings is 1. The van der Waals surface area contributed by atoms with Crippen molar-refractivity contribution in [3.05, 3.63) is 53.4 Å². The van der Waals surface area contributed by atoms with E-state index in [4.69, 9.17) is 16.0 Å². The summed E-state index contributed by atoms with van der Waals surface area (Å²) in [5, 5.41) is 13.2. The van der Waals surface area contributed by atoms with E-state index in [-0.39, 0.29) is 5.91 Å². The molecule has 31 heavy (non-hydrogen) atoms. The van der Waals surface area contributed by atoms with Crippen molar-refractivity contribution in [1.29, 1.82) is 0 Å². The number of thioether (sulfide) groups is 1. The number of halogens is 1. The van der Waals surface area contributed by atoms with Crippen molar-refractivity contribution < 1.29 is 9.21 Å². The summed E-state index contributed by atoms with van der Waals surface area (Å²) in [5.41, 5.74) is 0.699. The van der Waals surface area contributed by atoms with Gasteiger partial charge in [-0.25, -0.2) is 0 Å². The van der Waals surface area contributed by atoms with Crippen LogP contribution in [0.2, 0.25) is 5.02 Å². The highest BCUT2D eigenvalue weighted by molar-refractivity contribution is 7.99. The second-order valence-electron chi connectivity index (χ2n) is 7.77. The first-order chi connectivity index (χ1) is 15.1. The lowest BCUT2D eigenvalue weighted by molar-refractivity contribution is -0.115. The molecule has 0 bridgehead atoms. The molecule has 164 valence electrons. The summed E-state index contributed by atoms with van der Waals surface area (Å²) in [6, 6.07) is 11.0. The van der Waals surface area contributed by atoms with Crippen LogP contribution in [-0.4, -0.2) is 39.5 Å². The fourth-order valence-electron chi connectivity index (χ4n) is 3.55. The Kier molecular flexibility index (Phi) is 7.19. The molecule has 0 aliphatic carbocycles. The molecule has 0 spiro atoms. The Bertz CT molecular complexity index is 999. The zero-order valence-corrected chi connectivity index (χ0v) is 19.0. The number of nitrogens with zero attached hydrogens (tertiary/aromatic N) is 4. The number of anilines is 2. The van der Waals surface area contributed by atoms with Crippen LogP contribution in [-0.2, 0) is 11.3 Å². The number of amides is 1. The lowest BCUT2D eigenvalue weighted by Crippen LogP contribution is -2.35. The molecule has 0 radical (unpaired) electrons. The van der Waals surface area contributed by atoms with Gasteiger partial charge in [-0.2, -0.15) is 0 Å². The van der Waals surface area contributed by atoms with Gasteiger partial charge in [0, 0.05) is 36.0 Å². The number of furan rings is 1. The Morgan fingerprint density at radius 2 is 2.10 bits per heavy atom. The highest BCUT2D eigenvalue weighted by atomic mass is 35.5. The number of carbonyl (C=O) groups is 1. The van der Waals surface area contributed by atoms with E-state index >= 15 is 0 Å². The molecule has 1 aliphatic heterocycles. The molecule has 1 aliphatic rings. The molecular formula is C22H26ClN5O2S. The van der Waals surface area contributed by atoms with E-state index in [0.29, 0.717) is 29.4 Å². The van der Waals surface area contributed by atoms with Crippen LogP contribution in [0.25, 0.3) is 0 Å². The second-order valence-corrected chi connectivity index (χ2v) is 9.27. The third-order valence-corrected chi connectivity index (χ3v) is 6.53. The third-order valence-electron chi connectivity index (χ3n) is 5.33. The van der Waals surface area contributed by atoms with Gasteiger partial charge in [-0.3, -0.25) is 9.36 Å². The van der Waals surface area contributed by atoms with Gasteiger partial charge >= 0.3 is 0 Å². The van der Waals surface area contributed by atoms with Crippen LogP contribution >= 0.6 is 23.4 Å². The van der Waals surface area contributed by atoms with E-state index in [1.807, 2.05) is 24.3 Å². The van der Waals surface area contributed by atoms with E-state index in [1.54, 1.807) is 18.4 Å². The van der Waals surface area contributed by atoms with Gasteiger partial charge in [0.1, 0.15) is 5.76 Å². The van der Waals surface area contributed by atoms with Gasteiger partial charge < -0.3 is 14.6 Å². The van der Waals surface area contributed by atoms with Crippen LogP contribution in [0.1, 0.15) is 31.9 Å². The predicted octanol–water partition coefficient (Wildman–Crippen LogP) is 4.93. The first kappa shape index (κ1) is 21.8. The van der Waals surface area contributed by atoms with Crippen LogP contribution in [0.5, 0.6) is 0 Å². The highest BCUT2D eigenvalue weighted by Gasteiger charge is 2.23. The molecule has 1 N–H and O–H groups in total. The summed E-state index contributed by atoms with van der Waals surface area (Å²) in [6.45, 7) is 4.81. The Morgan fingerprint density at radius 3 is 2.84 bits per heavy atom. The maximum absolute atomic E-state index is 12.3. The topological polar surface area (TPSA) is 76.2 Å². The maximum atomic E-state index is 12.3. The van der Waals surface area contributed by atoms with Gasteiger partial charge in [0.15, 0.2) is 5.16 Å². The normalized spacial score (nSPS) is 14.7. The molecule has 9 heteroatoms. The Morgan fingerprint density at radius 1 is 1.26 bits per heavy atom. The summed E-state index contributed by atoms with van der Waals surface area (Å²) in [4.78, 5) is 14.6. The Balaban J connectivity index is 1.40. The molecule has 4 rings (SSSR count). The van der Waals surface area contributed by atoms with Crippen molar-refractivity contribution in [2.45, 2.75) is 37.9 Å². The van der Waals surface area contributed by atoms with Crippen LogP contribution in [0.3, 0.4) is 0 Å². The van der Waals surface area contributed by atoms with E-state index in [0.717, 1.165) is 48.7 Å². The van der Waals surface area contributed by atoms with Crippen LogP contribution < -0.4 is 10.2 Å². The molecule has 0 unspecified atom stereocenters. The third kappa shape index (κ3) is 5.83. The summed E-state index contributed by atoms with van der Waals surface area (Å²) < 4.78 is 7.65. The van der Waals surface area contributed by atoms with E-state index in [9.17, 15) is 4.79 Å². The maximum Gasteiger partial charge on any atom is 0.228 e. The van der Waals surface area contributed by atoms with Crippen LogP contribution in [0, 0.1) is 5.92 Å². The summed E-state index contributed by atoms with van der Waals surface area (Å²) >= 11 is 7.51. The predicted molar refractivity (Wildman–Crippen MR) is 124 cm³/mol. The fraction of sp³-hybridized carbons (Fsp3) is 0.409. The number of hydrogen-bond donors (Lipinski definition) is 1. The number of carbonyl (C=O) groups excluding carboxylic acids is 1. The lowest BCUT2D eigenvalue weighted by atomic mass is 10.00. The van der Waals surface area contributed by atoms with Crippen molar-refractivity contribution >= 4 is 40.9 Å². The number of aromatic nitrogens is 3. The quantitative estimate of drug-likeness (QED) is 0.481. The van der Waals surface area contributed by atoms with Crippen molar-refractivity contribution in [3.8, 4) is 0 Å². The van der Waals surface area contributed by atoms with Gasteiger partial charge in [0.05, 0.1) is 12.8 Å². The largest absolute Gasteiger partial charge is 0.467 e. The van der Waals surface area contributed by atoms with E-state index in [1.165, 1.54) is 11.8 Å². The number of nitrogens with one attached hydrogen (secondary N) is 1. The zero-order valence-electron chi connectivity index (χ0n) is 17.5. The van der Waals surface area contributed by atoms with Crippen LogP contribution in [0.15, 0.2) is 52.2 Å². The number of piperidine rings is 1. The van der Waals surface area contributed by atoms with Crippen molar-refractivity contribution in [1.82, 2.24) is 14.8 Å².